The van der Waals surface area contributed by atoms with E-state index >= 15 is 0 Å². The molecule has 8 heteroatoms. The van der Waals surface area contributed by atoms with Crippen molar-refractivity contribution >= 4 is 73.7 Å². The number of hydrogen-bond donors (Lipinski definition) is 0. The van der Waals surface area contributed by atoms with Crippen LogP contribution in [0.2, 0.25) is 5.02 Å². The summed E-state index contributed by atoms with van der Waals surface area (Å²) >= 11 is 12.1. The predicted molar refractivity (Wildman–Crippen MR) is 98.3 cm³/mol. The maximum absolute atomic E-state index is 12.5. The molecule has 3 nitrogen and oxygen atoms in total. The molecule has 0 amide bonds. The minimum atomic E-state index is 0.126. The molecule has 1 aromatic carbocycles. The highest BCUT2D eigenvalue weighted by molar-refractivity contribution is 8.03. The normalized spacial score (nSPS) is 11.2. The summed E-state index contributed by atoms with van der Waals surface area (Å²) in [6, 6.07) is 5.74. The van der Waals surface area contributed by atoms with E-state index in [1.165, 1.54) is 34.4 Å². The van der Waals surface area contributed by atoms with E-state index in [-0.39, 0.29) is 5.78 Å². The number of ketones is 1. The molecular weight excluding hydrogens is 376 g/mol. The van der Waals surface area contributed by atoms with Crippen LogP contribution in [0.1, 0.15) is 15.2 Å². The number of hydrogen-bond acceptors (Lipinski definition) is 7. The Kier molecular flexibility index (Phi) is 5.09. The Morgan fingerprint density at radius 3 is 2.77 bits per heavy atom. The molecule has 0 unspecified atom stereocenters. The summed E-state index contributed by atoms with van der Waals surface area (Å²) in [5.41, 5.74) is 1.01. The van der Waals surface area contributed by atoms with Gasteiger partial charge in [0.25, 0.3) is 0 Å². The van der Waals surface area contributed by atoms with Crippen LogP contribution >= 0.6 is 57.8 Å². The summed E-state index contributed by atoms with van der Waals surface area (Å²) in [5, 5.41) is 9.86. The zero-order chi connectivity index (χ0) is 15.7. The molecular formula is C14H11ClN2OS4. The SMILES string of the molecule is CSc1nnc(SCC(=O)c2sc3ccc(Cl)cc3c2C)s1. The number of nitrogens with zero attached hydrogens (tertiary/aromatic N) is 2. The Morgan fingerprint density at radius 2 is 2.05 bits per heavy atom. The van der Waals surface area contributed by atoms with Crippen LogP contribution in [0.5, 0.6) is 0 Å². The number of aryl methyl sites for hydroxylation is 1. The van der Waals surface area contributed by atoms with Gasteiger partial charge in [0.1, 0.15) is 0 Å². The third-order valence-electron chi connectivity index (χ3n) is 3.04. The maximum atomic E-state index is 12.5. The molecule has 0 radical (unpaired) electrons. The summed E-state index contributed by atoms with van der Waals surface area (Å²) in [7, 11) is 0. The Labute approximate surface area is 149 Å². The zero-order valence-corrected chi connectivity index (χ0v) is 15.8. The molecule has 0 fully saturated rings. The van der Waals surface area contributed by atoms with Crippen LogP contribution in [0.25, 0.3) is 10.1 Å². The molecule has 0 aliphatic carbocycles. The number of rotatable bonds is 5. The van der Waals surface area contributed by atoms with E-state index in [2.05, 4.69) is 10.2 Å². The predicted octanol–water partition coefficient (Wildman–Crippen LogP) is 5.41. The quantitative estimate of drug-likeness (QED) is 0.433. The van der Waals surface area contributed by atoms with E-state index < -0.39 is 0 Å². The standard InChI is InChI=1S/C14H11ClN2OS4/c1-7-9-5-8(15)3-4-11(9)21-12(7)10(18)6-20-14-17-16-13(19-2)22-14/h3-5H,6H2,1-2H3. The molecule has 22 heavy (non-hydrogen) atoms. The molecule has 0 atom stereocenters. The largest absolute Gasteiger partial charge is 0.292 e. The van der Waals surface area contributed by atoms with Crippen molar-refractivity contribution < 1.29 is 4.79 Å². The molecule has 0 N–H and O–H groups in total. The van der Waals surface area contributed by atoms with Crippen LogP contribution in [0.15, 0.2) is 26.9 Å². The summed E-state index contributed by atoms with van der Waals surface area (Å²) in [5.74, 6) is 0.505. The molecule has 3 rings (SSSR count). The van der Waals surface area contributed by atoms with E-state index in [0.29, 0.717) is 10.8 Å². The minimum Gasteiger partial charge on any atom is -0.292 e. The zero-order valence-electron chi connectivity index (χ0n) is 11.8. The average Bonchev–Trinajstić information content (AvgIpc) is 3.10. The summed E-state index contributed by atoms with van der Waals surface area (Å²) < 4.78 is 2.85. The smallest absolute Gasteiger partial charge is 0.183 e. The van der Waals surface area contributed by atoms with Crippen LogP contribution < -0.4 is 0 Å². The van der Waals surface area contributed by atoms with E-state index in [1.54, 1.807) is 11.8 Å². The lowest BCUT2D eigenvalue weighted by Gasteiger charge is -1.97. The molecule has 114 valence electrons. The van der Waals surface area contributed by atoms with Gasteiger partial charge in [0.05, 0.1) is 10.6 Å². The second kappa shape index (κ2) is 6.88. The Morgan fingerprint density at radius 1 is 1.27 bits per heavy atom. The van der Waals surface area contributed by atoms with Crippen molar-refractivity contribution in [2.75, 3.05) is 12.0 Å². The lowest BCUT2D eigenvalue weighted by molar-refractivity contribution is 0.102. The summed E-state index contributed by atoms with van der Waals surface area (Å²) in [6.45, 7) is 1.98. The molecule has 0 saturated carbocycles. The van der Waals surface area contributed by atoms with Gasteiger partial charge in [-0.25, -0.2) is 0 Å². The number of Topliss-reactive ketones (excluding diaryl/α,β-unsaturated/α-hetero) is 1. The number of benzene rings is 1. The van der Waals surface area contributed by atoms with Crippen molar-refractivity contribution in [1.29, 1.82) is 0 Å². The van der Waals surface area contributed by atoms with Gasteiger partial charge >= 0.3 is 0 Å². The lowest BCUT2D eigenvalue weighted by atomic mass is 10.1. The van der Waals surface area contributed by atoms with Gasteiger partial charge < -0.3 is 0 Å². The number of carbonyl (C=O) groups excluding carboxylic acids is 1. The van der Waals surface area contributed by atoms with Gasteiger partial charge in [0, 0.05) is 9.72 Å². The van der Waals surface area contributed by atoms with Gasteiger partial charge in [-0.05, 0) is 42.3 Å². The highest BCUT2D eigenvalue weighted by Crippen LogP contribution is 2.34. The van der Waals surface area contributed by atoms with Crippen molar-refractivity contribution in [3.8, 4) is 0 Å². The number of halogens is 1. The van der Waals surface area contributed by atoms with Gasteiger partial charge in [-0.2, -0.15) is 0 Å². The number of carbonyl (C=O) groups is 1. The molecule has 2 heterocycles. The third-order valence-corrected chi connectivity index (χ3v) is 7.62. The summed E-state index contributed by atoms with van der Waals surface area (Å²) in [6.07, 6.45) is 1.96. The van der Waals surface area contributed by atoms with Gasteiger partial charge in [0.2, 0.25) is 0 Å². The number of thioether (sulfide) groups is 2. The molecule has 0 aliphatic rings. The van der Waals surface area contributed by atoms with Crippen molar-refractivity contribution in [3.63, 3.8) is 0 Å². The average molecular weight is 387 g/mol. The van der Waals surface area contributed by atoms with E-state index in [0.717, 1.165) is 29.2 Å². The Bertz CT molecular complexity index is 843. The fourth-order valence-corrected chi connectivity index (χ4v) is 5.69. The lowest BCUT2D eigenvalue weighted by Crippen LogP contribution is -2.01. The van der Waals surface area contributed by atoms with Crippen molar-refractivity contribution in [1.82, 2.24) is 10.2 Å². The monoisotopic (exact) mass is 386 g/mol. The molecule has 0 bridgehead atoms. The van der Waals surface area contributed by atoms with Crippen LogP contribution in [-0.4, -0.2) is 28.0 Å². The van der Waals surface area contributed by atoms with Crippen LogP contribution in [0.3, 0.4) is 0 Å². The minimum absolute atomic E-state index is 0.126. The number of fused-ring (bicyclic) bond motifs is 1. The number of thiophene rings is 1. The van der Waals surface area contributed by atoms with Gasteiger partial charge in [-0.1, -0.05) is 46.5 Å². The fourth-order valence-electron chi connectivity index (χ4n) is 1.99. The van der Waals surface area contributed by atoms with Crippen molar-refractivity contribution in [2.45, 2.75) is 15.6 Å². The first-order valence-corrected chi connectivity index (χ1v) is 10.5. The highest BCUT2D eigenvalue weighted by Gasteiger charge is 2.17. The van der Waals surface area contributed by atoms with E-state index in [4.69, 9.17) is 11.6 Å². The maximum Gasteiger partial charge on any atom is 0.183 e. The second-order valence-electron chi connectivity index (χ2n) is 4.45. The Hall–Kier alpha value is -0.600. The van der Waals surface area contributed by atoms with Gasteiger partial charge in [0.15, 0.2) is 14.5 Å². The van der Waals surface area contributed by atoms with Gasteiger partial charge in [-0.3, -0.25) is 4.79 Å². The first-order valence-electron chi connectivity index (χ1n) is 6.30. The van der Waals surface area contributed by atoms with E-state index in [1.807, 2.05) is 31.4 Å². The number of aromatic nitrogens is 2. The molecule has 0 spiro atoms. The van der Waals surface area contributed by atoms with Crippen LogP contribution in [-0.2, 0) is 0 Å². The van der Waals surface area contributed by atoms with Crippen LogP contribution in [0, 0.1) is 6.92 Å². The second-order valence-corrected chi connectivity index (χ2v) is 9.19. The molecule has 0 saturated heterocycles. The van der Waals surface area contributed by atoms with Gasteiger partial charge in [-0.15, -0.1) is 21.5 Å². The summed E-state index contributed by atoms with van der Waals surface area (Å²) in [4.78, 5) is 13.3. The first-order chi connectivity index (χ1) is 10.6. The van der Waals surface area contributed by atoms with E-state index in [9.17, 15) is 4.79 Å². The third kappa shape index (κ3) is 3.33. The van der Waals surface area contributed by atoms with Crippen molar-refractivity contribution in [3.05, 3.63) is 33.7 Å². The molecule has 0 aliphatic heterocycles. The molecule has 2 aromatic heterocycles. The fraction of sp³-hybridized carbons (Fsp3) is 0.214. The highest BCUT2D eigenvalue weighted by atomic mass is 35.5. The Balaban J connectivity index is 1.78. The first kappa shape index (κ1) is 16.3. The van der Waals surface area contributed by atoms with Crippen molar-refractivity contribution in [2.24, 2.45) is 0 Å². The molecule has 3 aromatic rings. The van der Waals surface area contributed by atoms with Crippen LogP contribution in [0.4, 0.5) is 0 Å². The topological polar surface area (TPSA) is 42.9 Å².